The van der Waals surface area contributed by atoms with Crippen molar-refractivity contribution in [3.05, 3.63) is 42.6 Å². The summed E-state index contributed by atoms with van der Waals surface area (Å²) in [5.41, 5.74) is 1.22. The molecule has 0 aliphatic carbocycles. The largest absolute Gasteiger partial charge is 0.463 e. The minimum atomic E-state index is 0.579. The van der Waals surface area contributed by atoms with Gasteiger partial charge in [0.2, 0.25) is 0 Å². The summed E-state index contributed by atoms with van der Waals surface area (Å²) in [7, 11) is 0. The minimum Gasteiger partial charge on any atom is -0.463 e. The number of rotatable bonds is 2. The summed E-state index contributed by atoms with van der Waals surface area (Å²) in [5, 5.41) is 8.05. The van der Waals surface area contributed by atoms with Crippen LogP contribution < -0.4 is 0 Å². The summed E-state index contributed by atoms with van der Waals surface area (Å²) in [6.07, 6.45) is 3.18. The van der Waals surface area contributed by atoms with E-state index in [0.717, 1.165) is 0 Å². The average Bonchev–Trinajstić information content (AvgIpc) is 3.02. The lowest BCUT2D eigenvalue weighted by atomic mass is 10.2. The van der Waals surface area contributed by atoms with Crippen molar-refractivity contribution in [3.8, 4) is 22.9 Å². The minimum absolute atomic E-state index is 0.579. The maximum absolute atomic E-state index is 5.34. The molecule has 3 heterocycles. The molecule has 17 heavy (non-hydrogen) atoms. The standard InChI is InChI=1S/C12H9N3O2/c1-8-13-11(9-4-2-6-16-9)12(15-14-8)10-5-3-7-17-10/h2-7H,1H3. The molecule has 0 radical (unpaired) electrons. The van der Waals surface area contributed by atoms with Crippen LogP contribution in [0.5, 0.6) is 0 Å². The van der Waals surface area contributed by atoms with Crippen LogP contribution in [0.1, 0.15) is 5.82 Å². The molecule has 0 atom stereocenters. The van der Waals surface area contributed by atoms with Gasteiger partial charge < -0.3 is 8.83 Å². The monoisotopic (exact) mass is 227 g/mol. The van der Waals surface area contributed by atoms with Crippen LogP contribution in [0.15, 0.2) is 45.6 Å². The molecule has 0 fully saturated rings. The van der Waals surface area contributed by atoms with E-state index in [9.17, 15) is 0 Å². The van der Waals surface area contributed by atoms with Crippen molar-refractivity contribution in [3.63, 3.8) is 0 Å². The van der Waals surface area contributed by atoms with Crippen LogP contribution >= 0.6 is 0 Å². The first-order valence-corrected chi connectivity index (χ1v) is 5.13. The van der Waals surface area contributed by atoms with Crippen LogP contribution in [0.2, 0.25) is 0 Å². The highest BCUT2D eigenvalue weighted by atomic mass is 16.3. The summed E-state index contributed by atoms with van der Waals surface area (Å²) in [6, 6.07) is 7.24. The van der Waals surface area contributed by atoms with Gasteiger partial charge in [0.1, 0.15) is 11.5 Å². The molecular formula is C12H9N3O2. The molecule has 3 aromatic rings. The van der Waals surface area contributed by atoms with E-state index < -0.39 is 0 Å². The predicted molar refractivity (Wildman–Crippen MR) is 60.0 cm³/mol. The van der Waals surface area contributed by atoms with Crippen LogP contribution in [0.3, 0.4) is 0 Å². The van der Waals surface area contributed by atoms with Gasteiger partial charge in [-0.3, -0.25) is 0 Å². The van der Waals surface area contributed by atoms with Gasteiger partial charge in [0.15, 0.2) is 17.2 Å². The number of furan rings is 2. The number of aryl methyl sites for hydroxylation is 1. The van der Waals surface area contributed by atoms with E-state index in [1.807, 2.05) is 12.1 Å². The lowest BCUT2D eigenvalue weighted by molar-refractivity contribution is 0.569. The highest BCUT2D eigenvalue weighted by molar-refractivity contribution is 5.71. The Labute approximate surface area is 97.1 Å². The fourth-order valence-corrected chi connectivity index (χ4v) is 1.57. The summed E-state index contributed by atoms with van der Waals surface area (Å²) < 4.78 is 10.7. The fourth-order valence-electron chi connectivity index (χ4n) is 1.57. The van der Waals surface area contributed by atoms with Crippen LogP contribution in [-0.4, -0.2) is 15.2 Å². The molecule has 0 bridgehead atoms. The zero-order valence-corrected chi connectivity index (χ0v) is 9.12. The molecule has 3 rings (SSSR count). The Morgan fingerprint density at radius 3 is 2.12 bits per heavy atom. The third-order valence-corrected chi connectivity index (χ3v) is 2.30. The van der Waals surface area contributed by atoms with Gasteiger partial charge >= 0.3 is 0 Å². The maximum atomic E-state index is 5.34. The van der Waals surface area contributed by atoms with Crippen molar-refractivity contribution in [1.29, 1.82) is 0 Å². The molecule has 5 heteroatoms. The quantitative estimate of drug-likeness (QED) is 0.673. The first-order valence-electron chi connectivity index (χ1n) is 5.13. The Hall–Kier alpha value is -2.43. The van der Waals surface area contributed by atoms with E-state index in [2.05, 4.69) is 15.2 Å². The summed E-state index contributed by atoms with van der Waals surface area (Å²) in [5.74, 6) is 1.86. The molecule has 0 aromatic carbocycles. The molecule has 0 saturated carbocycles. The Bertz CT molecular complexity index is 615. The van der Waals surface area contributed by atoms with E-state index >= 15 is 0 Å². The van der Waals surface area contributed by atoms with Gasteiger partial charge in [0, 0.05) is 0 Å². The van der Waals surface area contributed by atoms with Crippen molar-refractivity contribution >= 4 is 0 Å². The molecule has 0 spiro atoms. The first kappa shape index (κ1) is 9.77. The van der Waals surface area contributed by atoms with Gasteiger partial charge in [-0.25, -0.2) is 4.98 Å². The second-order valence-corrected chi connectivity index (χ2v) is 3.51. The lowest BCUT2D eigenvalue weighted by Gasteiger charge is -2.02. The Morgan fingerprint density at radius 1 is 0.882 bits per heavy atom. The van der Waals surface area contributed by atoms with Crippen molar-refractivity contribution < 1.29 is 8.83 Å². The number of hydrogen-bond acceptors (Lipinski definition) is 5. The Morgan fingerprint density at radius 2 is 1.53 bits per heavy atom. The fraction of sp³-hybridized carbons (Fsp3) is 0.0833. The van der Waals surface area contributed by atoms with Gasteiger partial charge in [0.05, 0.1) is 12.5 Å². The Kier molecular flexibility index (Phi) is 2.22. The lowest BCUT2D eigenvalue weighted by Crippen LogP contribution is -1.98. The third-order valence-electron chi connectivity index (χ3n) is 2.30. The van der Waals surface area contributed by atoms with E-state index in [1.54, 1.807) is 31.6 Å². The van der Waals surface area contributed by atoms with Gasteiger partial charge in [-0.15, -0.1) is 10.2 Å². The first-order chi connectivity index (χ1) is 8.34. The van der Waals surface area contributed by atoms with Crippen LogP contribution in [0.4, 0.5) is 0 Å². The normalized spacial score (nSPS) is 10.6. The smallest absolute Gasteiger partial charge is 0.158 e. The van der Waals surface area contributed by atoms with E-state index in [0.29, 0.717) is 28.7 Å². The van der Waals surface area contributed by atoms with Gasteiger partial charge in [-0.1, -0.05) is 0 Å². The zero-order valence-electron chi connectivity index (χ0n) is 9.12. The van der Waals surface area contributed by atoms with Gasteiger partial charge in [-0.05, 0) is 31.2 Å². The van der Waals surface area contributed by atoms with Gasteiger partial charge in [-0.2, -0.15) is 0 Å². The highest BCUT2D eigenvalue weighted by Gasteiger charge is 2.16. The van der Waals surface area contributed by atoms with Crippen molar-refractivity contribution in [2.45, 2.75) is 6.92 Å². The topological polar surface area (TPSA) is 65.0 Å². The van der Waals surface area contributed by atoms with Crippen molar-refractivity contribution in [2.24, 2.45) is 0 Å². The molecule has 0 saturated heterocycles. The number of nitrogens with zero attached hydrogens (tertiary/aromatic N) is 3. The molecule has 0 aliphatic rings. The number of aromatic nitrogens is 3. The maximum Gasteiger partial charge on any atom is 0.158 e. The van der Waals surface area contributed by atoms with Crippen LogP contribution in [0, 0.1) is 6.92 Å². The number of hydrogen-bond donors (Lipinski definition) is 0. The van der Waals surface area contributed by atoms with Crippen LogP contribution in [0.25, 0.3) is 22.9 Å². The second kappa shape index (κ2) is 3.86. The second-order valence-electron chi connectivity index (χ2n) is 3.51. The molecule has 0 aliphatic heterocycles. The molecule has 0 amide bonds. The van der Waals surface area contributed by atoms with Crippen molar-refractivity contribution in [1.82, 2.24) is 15.2 Å². The van der Waals surface area contributed by atoms with E-state index in [-0.39, 0.29) is 0 Å². The molecule has 0 N–H and O–H groups in total. The van der Waals surface area contributed by atoms with E-state index in [4.69, 9.17) is 8.83 Å². The van der Waals surface area contributed by atoms with E-state index in [1.165, 1.54) is 0 Å². The van der Waals surface area contributed by atoms with Gasteiger partial charge in [0.25, 0.3) is 0 Å². The molecule has 3 aromatic heterocycles. The zero-order chi connectivity index (χ0) is 11.7. The summed E-state index contributed by atoms with van der Waals surface area (Å²) >= 11 is 0. The average molecular weight is 227 g/mol. The van der Waals surface area contributed by atoms with Crippen molar-refractivity contribution in [2.75, 3.05) is 0 Å². The Balaban J connectivity index is 2.22. The molecule has 84 valence electrons. The van der Waals surface area contributed by atoms with Crippen LogP contribution in [-0.2, 0) is 0 Å². The summed E-state index contributed by atoms with van der Waals surface area (Å²) in [6.45, 7) is 1.78. The SMILES string of the molecule is Cc1nnc(-c2ccco2)c(-c2ccco2)n1. The molecule has 0 unspecified atom stereocenters. The summed E-state index contributed by atoms with van der Waals surface area (Å²) in [4.78, 5) is 4.34. The predicted octanol–water partition coefficient (Wildman–Crippen LogP) is 2.70. The molecule has 5 nitrogen and oxygen atoms in total. The molecular weight excluding hydrogens is 218 g/mol. The highest BCUT2D eigenvalue weighted by Crippen LogP contribution is 2.28. The third kappa shape index (κ3) is 1.71.